The van der Waals surface area contributed by atoms with E-state index in [1.54, 1.807) is 11.8 Å². The number of nitrogens with one attached hydrogen (secondary N) is 1. The molecule has 130 valence electrons. The monoisotopic (exact) mass is 347 g/mol. The van der Waals surface area contributed by atoms with E-state index in [0.717, 1.165) is 28.4 Å². The van der Waals surface area contributed by atoms with Crippen LogP contribution in [0.25, 0.3) is 11.0 Å². The standard InChI is InChI=1S/C18H25N3O2S/c1-13(2)21-15-6-4-3-5-14(15)20-16(21)7-10-19-17(22)18(23)8-11-24-12-9-18/h3-6,13,23H,7-12H2,1-2H3,(H,19,22). The molecule has 24 heavy (non-hydrogen) atoms. The fraction of sp³-hybridized carbons (Fsp3) is 0.556. The van der Waals surface area contributed by atoms with E-state index in [-0.39, 0.29) is 5.91 Å². The molecule has 2 aromatic rings. The van der Waals surface area contributed by atoms with Gasteiger partial charge in [0.05, 0.1) is 11.0 Å². The quantitative estimate of drug-likeness (QED) is 0.872. The maximum atomic E-state index is 12.3. The Bertz CT molecular complexity index is 720. The molecule has 2 heterocycles. The summed E-state index contributed by atoms with van der Waals surface area (Å²) in [6, 6.07) is 8.40. The number of aromatic nitrogens is 2. The van der Waals surface area contributed by atoms with Crippen molar-refractivity contribution in [2.45, 2.75) is 44.8 Å². The molecule has 1 amide bonds. The van der Waals surface area contributed by atoms with E-state index in [1.807, 2.05) is 18.2 Å². The molecular weight excluding hydrogens is 322 g/mol. The molecule has 2 N–H and O–H groups in total. The average molecular weight is 347 g/mol. The Kier molecular flexibility index (Phi) is 5.15. The summed E-state index contributed by atoms with van der Waals surface area (Å²) in [5, 5.41) is 13.3. The molecular formula is C18H25N3O2S. The van der Waals surface area contributed by atoms with E-state index in [4.69, 9.17) is 4.98 Å². The van der Waals surface area contributed by atoms with E-state index in [1.165, 1.54) is 0 Å². The topological polar surface area (TPSA) is 67.2 Å². The largest absolute Gasteiger partial charge is 0.380 e. The van der Waals surface area contributed by atoms with Crippen LogP contribution in [0.1, 0.15) is 38.6 Å². The molecule has 0 unspecified atom stereocenters. The summed E-state index contributed by atoms with van der Waals surface area (Å²) in [5.74, 6) is 2.41. The number of thioether (sulfide) groups is 1. The van der Waals surface area contributed by atoms with Crippen LogP contribution in [-0.2, 0) is 11.2 Å². The predicted molar refractivity (Wildman–Crippen MR) is 98.3 cm³/mol. The molecule has 0 saturated carbocycles. The van der Waals surface area contributed by atoms with Gasteiger partial charge in [-0.2, -0.15) is 11.8 Å². The second-order valence-electron chi connectivity index (χ2n) is 6.63. The van der Waals surface area contributed by atoms with Gasteiger partial charge in [-0.05, 0) is 50.3 Å². The molecule has 5 nitrogen and oxygen atoms in total. The van der Waals surface area contributed by atoms with E-state index in [0.29, 0.717) is 31.8 Å². The average Bonchev–Trinajstić information content (AvgIpc) is 2.93. The summed E-state index contributed by atoms with van der Waals surface area (Å²) in [5.41, 5.74) is 0.913. The minimum atomic E-state index is -1.19. The zero-order chi connectivity index (χ0) is 17.2. The van der Waals surface area contributed by atoms with Gasteiger partial charge in [-0.15, -0.1) is 0 Å². The van der Waals surface area contributed by atoms with Gasteiger partial charge in [-0.25, -0.2) is 4.98 Å². The number of hydrogen-bond acceptors (Lipinski definition) is 4. The van der Waals surface area contributed by atoms with Gasteiger partial charge in [-0.3, -0.25) is 4.79 Å². The highest BCUT2D eigenvalue weighted by atomic mass is 32.2. The fourth-order valence-electron chi connectivity index (χ4n) is 3.24. The lowest BCUT2D eigenvalue weighted by molar-refractivity contribution is -0.140. The second-order valence-corrected chi connectivity index (χ2v) is 7.86. The number of carbonyl (C=O) groups excluding carboxylic acids is 1. The maximum absolute atomic E-state index is 12.3. The van der Waals surface area contributed by atoms with Crippen molar-refractivity contribution in [2.24, 2.45) is 0 Å². The van der Waals surface area contributed by atoms with Gasteiger partial charge in [0.15, 0.2) is 0 Å². The first-order valence-corrected chi connectivity index (χ1v) is 9.71. The molecule has 1 aliphatic rings. The minimum absolute atomic E-state index is 0.241. The highest BCUT2D eigenvalue weighted by Gasteiger charge is 2.37. The lowest BCUT2D eigenvalue weighted by atomic mass is 9.96. The van der Waals surface area contributed by atoms with Crippen LogP contribution in [0.3, 0.4) is 0 Å². The summed E-state index contributed by atoms with van der Waals surface area (Å²) >= 11 is 1.79. The lowest BCUT2D eigenvalue weighted by Crippen LogP contribution is -2.49. The van der Waals surface area contributed by atoms with Crippen LogP contribution in [0.4, 0.5) is 0 Å². The second kappa shape index (κ2) is 7.15. The maximum Gasteiger partial charge on any atom is 0.252 e. The Morgan fingerprint density at radius 2 is 2.08 bits per heavy atom. The zero-order valence-electron chi connectivity index (χ0n) is 14.3. The summed E-state index contributed by atoms with van der Waals surface area (Å²) in [7, 11) is 0. The highest BCUT2D eigenvalue weighted by Crippen LogP contribution is 2.27. The lowest BCUT2D eigenvalue weighted by Gasteiger charge is -2.30. The normalized spacial score (nSPS) is 17.3. The molecule has 0 spiro atoms. The first kappa shape index (κ1) is 17.3. The van der Waals surface area contributed by atoms with Crippen molar-refractivity contribution in [1.29, 1.82) is 0 Å². The van der Waals surface area contributed by atoms with Crippen LogP contribution in [-0.4, -0.2) is 44.2 Å². The number of benzene rings is 1. The molecule has 0 aliphatic carbocycles. The molecule has 1 saturated heterocycles. The molecule has 6 heteroatoms. The van der Waals surface area contributed by atoms with Gasteiger partial charge < -0.3 is 15.0 Å². The van der Waals surface area contributed by atoms with Gasteiger partial charge in [0.2, 0.25) is 0 Å². The fourth-order valence-corrected chi connectivity index (χ4v) is 4.40. The third-order valence-electron chi connectivity index (χ3n) is 4.56. The number of imidazole rings is 1. The summed E-state index contributed by atoms with van der Waals surface area (Å²) in [6.45, 7) is 4.77. The number of para-hydroxylation sites is 2. The Labute approximate surface area is 146 Å². The number of nitrogens with zero attached hydrogens (tertiary/aromatic N) is 2. The first-order chi connectivity index (χ1) is 11.5. The van der Waals surface area contributed by atoms with E-state index < -0.39 is 5.60 Å². The Morgan fingerprint density at radius 3 is 2.79 bits per heavy atom. The summed E-state index contributed by atoms with van der Waals surface area (Å²) < 4.78 is 2.22. The van der Waals surface area contributed by atoms with Gasteiger partial charge >= 0.3 is 0 Å². The van der Waals surface area contributed by atoms with Crippen LogP contribution in [0.15, 0.2) is 24.3 Å². The van der Waals surface area contributed by atoms with Crippen LogP contribution < -0.4 is 5.32 Å². The smallest absolute Gasteiger partial charge is 0.252 e. The van der Waals surface area contributed by atoms with Gasteiger partial charge in [0.25, 0.3) is 5.91 Å². The minimum Gasteiger partial charge on any atom is -0.380 e. The first-order valence-electron chi connectivity index (χ1n) is 8.55. The third-order valence-corrected chi connectivity index (χ3v) is 5.55. The molecule has 1 aromatic heterocycles. The molecule has 0 radical (unpaired) electrons. The molecule has 0 bridgehead atoms. The molecule has 1 fully saturated rings. The van der Waals surface area contributed by atoms with Crippen molar-refractivity contribution in [3.8, 4) is 0 Å². The van der Waals surface area contributed by atoms with Crippen molar-refractivity contribution in [2.75, 3.05) is 18.1 Å². The number of carbonyl (C=O) groups is 1. The zero-order valence-corrected chi connectivity index (χ0v) is 15.1. The number of hydrogen-bond donors (Lipinski definition) is 2. The van der Waals surface area contributed by atoms with Crippen LogP contribution in [0.5, 0.6) is 0 Å². The van der Waals surface area contributed by atoms with Gasteiger partial charge in [-0.1, -0.05) is 12.1 Å². The van der Waals surface area contributed by atoms with Crippen molar-refractivity contribution >= 4 is 28.7 Å². The van der Waals surface area contributed by atoms with Crippen LogP contribution >= 0.6 is 11.8 Å². The van der Waals surface area contributed by atoms with E-state index in [9.17, 15) is 9.90 Å². The molecule has 1 aromatic carbocycles. The number of fused-ring (bicyclic) bond motifs is 1. The molecule has 1 aliphatic heterocycles. The molecule has 0 atom stereocenters. The number of aliphatic hydroxyl groups is 1. The summed E-state index contributed by atoms with van der Waals surface area (Å²) in [4.78, 5) is 17.0. The van der Waals surface area contributed by atoms with Crippen LogP contribution in [0.2, 0.25) is 0 Å². The van der Waals surface area contributed by atoms with E-state index >= 15 is 0 Å². The van der Waals surface area contributed by atoms with Crippen molar-refractivity contribution < 1.29 is 9.90 Å². The number of rotatable bonds is 5. The Morgan fingerprint density at radius 1 is 1.38 bits per heavy atom. The van der Waals surface area contributed by atoms with Crippen molar-refractivity contribution in [3.05, 3.63) is 30.1 Å². The number of amides is 1. The Balaban J connectivity index is 1.67. The van der Waals surface area contributed by atoms with Gasteiger partial charge in [0, 0.05) is 19.0 Å². The highest BCUT2D eigenvalue weighted by molar-refractivity contribution is 7.99. The van der Waals surface area contributed by atoms with E-state index in [2.05, 4.69) is 29.8 Å². The van der Waals surface area contributed by atoms with Gasteiger partial charge in [0.1, 0.15) is 11.4 Å². The van der Waals surface area contributed by atoms with Crippen LogP contribution in [0, 0.1) is 0 Å². The van der Waals surface area contributed by atoms with Crippen molar-refractivity contribution in [1.82, 2.24) is 14.9 Å². The molecule has 3 rings (SSSR count). The summed E-state index contributed by atoms with van der Waals surface area (Å²) in [6.07, 6.45) is 1.73. The van der Waals surface area contributed by atoms with Crippen molar-refractivity contribution in [3.63, 3.8) is 0 Å². The Hall–Kier alpha value is -1.53. The third kappa shape index (κ3) is 3.44. The predicted octanol–water partition coefficient (Wildman–Crippen LogP) is 2.53. The SMILES string of the molecule is CC(C)n1c(CCNC(=O)C2(O)CCSCC2)nc2ccccc21.